The molecule has 0 aromatic heterocycles. The van der Waals surface area contributed by atoms with Crippen LogP contribution >= 0.6 is 0 Å². The van der Waals surface area contributed by atoms with Crippen molar-refractivity contribution in [3.8, 4) is 0 Å². The van der Waals surface area contributed by atoms with Gasteiger partial charge in [0.15, 0.2) is 5.60 Å². The van der Waals surface area contributed by atoms with Crippen LogP contribution in [0.15, 0.2) is 72.8 Å². The van der Waals surface area contributed by atoms with Crippen molar-refractivity contribution in [2.75, 3.05) is 23.7 Å². The van der Waals surface area contributed by atoms with Crippen molar-refractivity contribution >= 4 is 35.4 Å². The number of hydrogen-bond acceptors (Lipinski definition) is 5. The Kier molecular flexibility index (Phi) is 7.98. The molecule has 2 aliphatic rings. The molecule has 1 spiro atoms. The summed E-state index contributed by atoms with van der Waals surface area (Å²) in [4.78, 5) is 51.9. The van der Waals surface area contributed by atoms with Crippen LogP contribution in [0, 0.1) is 0 Å². The maximum absolute atomic E-state index is 14.0. The third-order valence-electron chi connectivity index (χ3n) is 7.41. The van der Waals surface area contributed by atoms with Gasteiger partial charge in [-0.15, -0.1) is 0 Å². The highest BCUT2D eigenvalue weighted by Gasteiger charge is 2.48. The Morgan fingerprint density at radius 1 is 1.05 bits per heavy atom. The van der Waals surface area contributed by atoms with E-state index >= 15 is 0 Å². The fourth-order valence-electron chi connectivity index (χ4n) is 5.43. The quantitative estimate of drug-likeness (QED) is 0.308. The van der Waals surface area contributed by atoms with Gasteiger partial charge in [0, 0.05) is 29.8 Å². The van der Waals surface area contributed by atoms with Gasteiger partial charge in [-0.2, -0.15) is 13.2 Å². The van der Waals surface area contributed by atoms with Gasteiger partial charge in [0.1, 0.15) is 6.04 Å². The number of anilines is 2. The van der Waals surface area contributed by atoms with Crippen molar-refractivity contribution in [2.24, 2.45) is 0 Å². The molecule has 0 bridgehead atoms. The molecule has 2 aliphatic heterocycles. The first kappa shape index (κ1) is 29.4. The van der Waals surface area contributed by atoms with Crippen LogP contribution in [0.2, 0.25) is 0 Å². The molecule has 0 unspecified atom stereocenters. The summed E-state index contributed by atoms with van der Waals surface area (Å²) in [5.41, 5.74) is -0.939. The topological polar surface area (TPSA) is 137 Å². The smallest absolute Gasteiger partial charge is 0.416 e. The molecular formula is C30H27F3N4O6. The van der Waals surface area contributed by atoms with Crippen LogP contribution in [0.5, 0.6) is 0 Å². The third-order valence-corrected chi connectivity index (χ3v) is 7.41. The van der Waals surface area contributed by atoms with Crippen LogP contribution in [-0.2, 0) is 27.7 Å². The van der Waals surface area contributed by atoms with Gasteiger partial charge < -0.3 is 20.1 Å². The lowest BCUT2D eigenvalue weighted by molar-refractivity contribution is -0.142. The Morgan fingerprint density at radius 3 is 2.44 bits per heavy atom. The van der Waals surface area contributed by atoms with Gasteiger partial charge in [0.05, 0.1) is 17.8 Å². The molecule has 5 rings (SSSR count). The lowest BCUT2D eigenvalue weighted by Crippen LogP contribution is -2.57. The van der Waals surface area contributed by atoms with Crippen molar-refractivity contribution in [1.29, 1.82) is 0 Å². The highest BCUT2D eigenvalue weighted by Crippen LogP contribution is 2.44. The number of piperidine rings is 1. The van der Waals surface area contributed by atoms with Crippen LogP contribution in [0.4, 0.5) is 34.1 Å². The maximum atomic E-state index is 14.0. The zero-order valence-electron chi connectivity index (χ0n) is 22.6. The number of carboxylic acid groups (broad SMARTS) is 1. The molecule has 43 heavy (non-hydrogen) atoms. The molecule has 10 nitrogen and oxygen atoms in total. The normalized spacial score (nSPS) is 18.6. The Balaban J connectivity index is 1.42. The Hall–Kier alpha value is -5.07. The van der Waals surface area contributed by atoms with E-state index in [2.05, 4.69) is 16.0 Å². The van der Waals surface area contributed by atoms with Crippen LogP contribution in [0.25, 0.3) is 0 Å². The van der Waals surface area contributed by atoms with Crippen molar-refractivity contribution in [1.82, 2.24) is 10.2 Å². The minimum atomic E-state index is -4.63. The number of carbonyl (C=O) groups excluding carboxylic acids is 3. The molecule has 0 radical (unpaired) electrons. The number of hydrogen-bond donors (Lipinski definition) is 4. The zero-order chi connectivity index (χ0) is 30.8. The van der Waals surface area contributed by atoms with Crippen LogP contribution in [0.3, 0.4) is 0 Å². The standard InChI is InChI=1S/C30H27F3N4O6/c31-30(32,33)20-9-12-23-22(16-20)29(43-28(42)36-23)13-4-14-37(17-29)26(39)24(15-18-5-2-1-3-6-18)35-25(38)19-7-10-21(11-8-19)34-27(40)41/h1-3,5-12,16,24,34H,4,13-15,17H2,(H,35,38)(H,36,42)(H,40,41)/t24-,29-/m0/s1. The number of halogens is 3. The fourth-order valence-corrected chi connectivity index (χ4v) is 5.43. The molecule has 13 heteroatoms. The summed E-state index contributed by atoms with van der Waals surface area (Å²) in [5.74, 6) is -1.08. The zero-order valence-corrected chi connectivity index (χ0v) is 22.6. The van der Waals surface area contributed by atoms with Crippen LogP contribution in [-0.4, -0.2) is 53.1 Å². The summed E-state index contributed by atoms with van der Waals surface area (Å²) in [6.07, 6.45) is -6.08. The molecule has 0 aliphatic carbocycles. The number of amides is 4. The molecule has 4 N–H and O–H groups in total. The van der Waals surface area contributed by atoms with E-state index in [0.717, 1.165) is 17.7 Å². The summed E-state index contributed by atoms with van der Waals surface area (Å²) >= 11 is 0. The Bertz CT molecular complexity index is 1550. The second-order valence-electron chi connectivity index (χ2n) is 10.4. The molecule has 4 amide bonds. The van der Waals surface area contributed by atoms with E-state index in [0.29, 0.717) is 6.42 Å². The average Bonchev–Trinajstić information content (AvgIpc) is 2.96. The predicted molar refractivity (Wildman–Crippen MR) is 149 cm³/mol. The molecule has 2 heterocycles. The summed E-state index contributed by atoms with van der Waals surface area (Å²) in [6, 6.07) is 16.5. The van der Waals surface area contributed by atoms with Crippen LogP contribution in [0.1, 0.15) is 39.9 Å². The Morgan fingerprint density at radius 2 is 1.77 bits per heavy atom. The van der Waals surface area contributed by atoms with Gasteiger partial charge in [-0.25, -0.2) is 9.59 Å². The second kappa shape index (κ2) is 11.7. The van der Waals surface area contributed by atoms with Crippen molar-refractivity contribution in [3.63, 3.8) is 0 Å². The Labute approximate surface area is 243 Å². The van der Waals surface area contributed by atoms with Gasteiger partial charge in [-0.1, -0.05) is 30.3 Å². The molecule has 1 saturated heterocycles. The molecule has 3 aromatic rings. The number of ether oxygens (including phenoxy) is 1. The summed E-state index contributed by atoms with van der Waals surface area (Å²) in [6.45, 7) is 0.0286. The van der Waals surface area contributed by atoms with E-state index in [1.165, 1.54) is 35.2 Å². The SMILES string of the molecule is O=C(O)Nc1ccc(C(=O)N[C@@H](Cc2ccccc2)C(=O)N2CCC[C@@]3(C2)OC(=O)Nc2ccc(C(F)(F)F)cc23)cc1. The van der Waals surface area contributed by atoms with Gasteiger partial charge in [0.2, 0.25) is 5.91 Å². The first-order valence-electron chi connectivity index (χ1n) is 13.4. The number of nitrogens with zero attached hydrogens (tertiary/aromatic N) is 1. The van der Waals surface area contributed by atoms with Crippen molar-refractivity contribution in [2.45, 2.75) is 37.1 Å². The largest absolute Gasteiger partial charge is 0.465 e. The lowest BCUT2D eigenvalue weighted by atomic mass is 9.82. The number of carbonyl (C=O) groups is 4. The third kappa shape index (κ3) is 6.55. The van der Waals surface area contributed by atoms with Gasteiger partial charge in [0.25, 0.3) is 5.91 Å². The second-order valence-corrected chi connectivity index (χ2v) is 10.4. The molecule has 2 atom stereocenters. The minimum absolute atomic E-state index is 0.115. The molecular weight excluding hydrogens is 569 g/mol. The summed E-state index contributed by atoms with van der Waals surface area (Å²) < 4.78 is 46.4. The molecule has 0 saturated carbocycles. The fraction of sp³-hybridized carbons (Fsp3) is 0.267. The highest BCUT2D eigenvalue weighted by atomic mass is 19.4. The number of fused-ring (bicyclic) bond motifs is 2. The molecule has 224 valence electrons. The first-order valence-corrected chi connectivity index (χ1v) is 13.4. The van der Waals surface area contributed by atoms with Crippen LogP contribution < -0.4 is 16.0 Å². The lowest BCUT2D eigenvalue weighted by Gasteiger charge is -2.45. The minimum Gasteiger partial charge on any atom is -0.465 e. The van der Waals surface area contributed by atoms with Crippen molar-refractivity contribution < 1.29 is 42.2 Å². The van der Waals surface area contributed by atoms with Gasteiger partial charge in [-0.05, 0) is 60.9 Å². The maximum Gasteiger partial charge on any atom is 0.416 e. The average molecular weight is 597 g/mol. The monoisotopic (exact) mass is 596 g/mol. The van der Waals surface area contributed by atoms with E-state index in [9.17, 15) is 32.3 Å². The first-order chi connectivity index (χ1) is 20.4. The number of rotatable bonds is 6. The van der Waals surface area contributed by atoms with E-state index < -0.39 is 47.4 Å². The predicted octanol–water partition coefficient (Wildman–Crippen LogP) is 5.22. The van der Waals surface area contributed by atoms with E-state index in [1.807, 2.05) is 0 Å². The van der Waals surface area contributed by atoms with Gasteiger partial charge >= 0.3 is 18.4 Å². The van der Waals surface area contributed by atoms with Crippen molar-refractivity contribution in [3.05, 3.63) is 95.1 Å². The number of alkyl halides is 3. The summed E-state index contributed by atoms with van der Waals surface area (Å²) in [5, 5.41) is 16.3. The van der Waals surface area contributed by atoms with E-state index in [1.54, 1.807) is 30.3 Å². The van der Waals surface area contributed by atoms with E-state index in [-0.39, 0.29) is 48.4 Å². The molecule has 1 fully saturated rings. The number of nitrogens with one attached hydrogen (secondary N) is 3. The summed E-state index contributed by atoms with van der Waals surface area (Å²) in [7, 11) is 0. The van der Waals surface area contributed by atoms with E-state index in [4.69, 9.17) is 9.84 Å². The molecule has 3 aromatic carbocycles. The highest BCUT2D eigenvalue weighted by molar-refractivity contribution is 5.98. The van der Waals surface area contributed by atoms with Gasteiger partial charge in [-0.3, -0.25) is 20.2 Å². The number of likely N-dealkylation sites (tertiary alicyclic amines) is 1. The number of benzene rings is 3.